The van der Waals surface area contributed by atoms with E-state index in [4.69, 9.17) is 4.74 Å². The number of nitrogens with zero attached hydrogens (tertiary/aromatic N) is 1. The van der Waals surface area contributed by atoms with E-state index in [0.29, 0.717) is 23.3 Å². The van der Waals surface area contributed by atoms with Gasteiger partial charge in [0.05, 0.1) is 11.5 Å². The van der Waals surface area contributed by atoms with Gasteiger partial charge in [0.15, 0.2) is 0 Å². The molecule has 0 saturated heterocycles. The van der Waals surface area contributed by atoms with Crippen molar-refractivity contribution in [1.29, 1.82) is 5.26 Å². The van der Waals surface area contributed by atoms with Gasteiger partial charge in [0.2, 0.25) is 0 Å². The fourth-order valence-electron chi connectivity index (χ4n) is 3.76. The van der Waals surface area contributed by atoms with Crippen LogP contribution in [-0.2, 0) is 4.79 Å². The minimum atomic E-state index is -0.598. The van der Waals surface area contributed by atoms with Crippen molar-refractivity contribution >= 4 is 27.5 Å². The number of nitriles is 1. The highest BCUT2D eigenvalue weighted by Crippen LogP contribution is 2.45. The fourth-order valence-corrected chi connectivity index (χ4v) is 3.76. The molecule has 4 heteroatoms. The van der Waals surface area contributed by atoms with Gasteiger partial charge in [0.1, 0.15) is 11.5 Å². The number of phenolic OH excluding ortho intramolecular Hbond substituents is 1. The number of hydrogen-bond acceptors (Lipinski definition) is 4. The zero-order valence-electron chi connectivity index (χ0n) is 17.6. The van der Waals surface area contributed by atoms with Crippen molar-refractivity contribution in [3.8, 4) is 28.7 Å². The third kappa shape index (κ3) is 4.08. The van der Waals surface area contributed by atoms with Gasteiger partial charge in [0.25, 0.3) is 0 Å². The van der Waals surface area contributed by atoms with Gasteiger partial charge in [-0.3, -0.25) is 4.79 Å². The van der Waals surface area contributed by atoms with Crippen molar-refractivity contribution in [3.05, 3.63) is 72.8 Å². The molecule has 4 aromatic carbocycles. The van der Waals surface area contributed by atoms with Crippen LogP contribution in [0.25, 0.3) is 32.7 Å². The van der Waals surface area contributed by atoms with Crippen molar-refractivity contribution < 1.29 is 14.6 Å². The molecule has 0 spiro atoms. The molecule has 0 saturated carbocycles. The molecule has 0 radical (unpaired) electrons. The Bertz CT molecular complexity index is 1330. The zero-order chi connectivity index (χ0) is 22.0. The molecule has 0 atom stereocenters. The van der Waals surface area contributed by atoms with Crippen LogP contribution in [0.3, 0.4) is 0 Å². The lowest BCUT2D eigenvalue weighted by molar-refractivity contribution is -0.134. The number of aromatic hydroxyl groups is 1. The van der Waals surface area contributed by atoms with Gasteiger partial charge in [-0.15, -0.1) is 0 Å². The average Bonchev–Trinajstić information content (AvgIpc) is 2.78. The summed E-state index contributed by atoms with van der Waals surface area (Å²) in [7, 11) is 0. The number of fused-ring (bicyclic) bond motifs is 2. The van der Waals surface area contributed by atoms with E-state index in [0.717, 1.165) is 21.5 Å². The highest BCUT2D eigenvalue weighted by Gasteiger charge is 2.22. The minimum Gasteiger partial charge on any atom is -0.507 e. The lowest BCUT2D eigenvalue weighted by Crippen LogP contribution is -2.15. The molecule has 0 unspecified atom stereocenters. The van der Waals surface area contributed by atoms with Crippen LogP contribution in [0, 0.1) is 16.7 Å². The lowest BCUT2D eigenvalue weighted by atomic mass is 9.90. The van der Waals surface area contributed by atoms with Gasteiger partial charge in [-0.25, -0.2) is 0 Å². The molecule has 4 nitrogen and oxygen atoms in total. The van der Waals surface area contributed by atoms with E-state index in [-0.39, 0.29) is 12.2 Å². The third-order valence-electron chi connectivity index (χ3n) is 5.53. The van der Waals surface area contributed by atoms with Crippen LogP contribution in [0.15, 0.2) is 72.8 Å². The Kier molecular flexibility index (Phi) is 5.35. The molecule has 31 heavy (non-hydrogen) atoms. The van der Waals surface area contributed by atoms with Gasteiger partial charge >= 0.3 is 5.97 Å². The van der Waals surface area contributed by atoms with Crippen LogP contribution < -0.4 is 4.74 Å². The van der Waals surface area contributed by atoms with Gasteiger partial charge < -0.3 is 9.84 Å². The minimum absolute atomic E-state index is 0.123. The van der Waals surface area contributed by atoms with Gasteiger partial charge in [-0.1, -0.05) is 60.7 Å². The average molecular weight is 409 g/mol. The molecule has 0 amide bonds. The molecule has 0 aromatic heterocycles. The number of phenols is 1. The van der Waals surface area contributed by atoms with Crippen molar-refractivity contribution in [2.24, 2.45) is 5.41 Å². The Morgan fingerprint density at radius 1 is 0.903 bits per heavy atom. The Morgan fingerprint density at radius 3 is 2.13 bits per heavy atom. The molecule has 0 heterocycles. The molecule has 0 fully saturated rings. The van der Waals surface area contributed by atoms with Crippen LogP contribution in [0.1, 0.15) is 26.7 Å². The molecule has 0 aliphatic rings. The van der Waals surface area contributed by atoms with E-state index in [1.165, 1.54) is 0 Å². The first-order chi connectivity index (χ1) is 14.9. The summed E-state index contributed by atoms with van der Waals surface area (Å²) in [4.78, 5) is 12.6. The number of ether oxygens (including phenoxy) is 1. The lowest BCUT2D eigenvalue weighted by Gasteiger charge is -2.18. The smallest absolute Gasteiger partial charge is 0.311 e. The highest BCUT2D eigenvalue weighted by molar-refractivity contribution is 6.10. The molecule has 0 aliphatic heterocycles. The first-order valence-electron chi connectivity index (χ1n) is 10.2. The maximum atomic E-state index is 12.6. The number of carbonyl (C=O) groups is 1. The predicted octanol–water partition coefficient (Wildman–Crippen LogP) is 6.60. The summed E-state index contributed by atoms with van der Waals surface area (Å²) in [5.74, 6) is 0.114. The monoisotopic (exact) mass is 409 g/mol. The number of rotatable bonds is 5. The van der Waals surface area contributed by atoms with E-state index in [9.17, 15) is 15.2 Å². The predicted molar refractivity (Wildman–Crippen MR) is 123 cm³/mol. The number of hydrogen-bond donors (Lipinski definition) is 1. The summed E-state index contributed by atoms with van der Waals surface area (Å²) in [6.45, 7) is 3.60. The molecule has 1 N–H and O–H groups in total. The molecule has 0 bridgehead atoms. The first-order valence-corrected chi connectivity index (χ1v) is 10.2. The van der Waals surface area contributed by atoms with E-state index >= 15 is 0 Å². The number of benzene rings is 4. The normalized spacial score (nSPS) is 11.4. The quantitative estimate of drug-likeness (QED) is 0.298. The summed E-state index contributed by atoms with van der Waals surface area (Å²) in [6, 6.07) is 25.1. The maximum Gasteiger partial charge on any atom is 0.311 e. The molecular formula is C27H23NO3. The van der Waals surface area contributed by atoms with E-state index in [1.54, 1.807) is 26.0 Å². The first kappa shape index (κ1) is 20.4. The Balaban J connectivity index is 1.87. The number of esters is 1. The Hall–Kier alpha value is -3.84. The SMILES string of the molecule is CC(C)(C#N)CCC(=O)Oc1ccc2ccccc2c1-c1c(O)ccc2ccccc12. The molecule has 4 rings (SSSR count). The topological polar surface area (TPSA) is 70.3 Å². The van der Waals surface area contributed by atoms with Crippen molar-refractivity contribution in [3.63, 3.8) is 0 Å². The second-order valence-corrected chi connectivity index (χ2v) is 8.31. The van der Waals surface area contributed by atoms with Crippen LogP contribution in [-0.4, -0.2) is 11.1 Å². The summed E-state index contributed by atoms with van der Waals surface area (Å²) in [5, 5.41) is 23.8. The highest BCUT2D eigenvalue weighted by atomic mass is 16.5. The summed E-state index contributed by atoms with van der Waals surface area (Å²) in [6.07, 6.45) is 0.541. The Labute approximate surface area is 181 Å². The fraction of sp³-hybridized carbons (Fsp3) is 0.185. The molecule has 4 aromatic rings. The van der Waals surface area contributed by atoms with Gasteiger partial charge in [0, 0.05) is 17.5 Å². The molecule has 154 valence electrons. The molecule has 0 aliphatic carbocycles. The van der Waals surface area contributed by atoms with Crippen LogP contribution in [0.4, 0.5) is 0 Å². The summed E-state index contributed by atoms with van der Waals surface area (Å²) in [5.41, 5.74) is 0.717. The van der Waals surface area contributed by atoms with Crippen LogP contribution in [0.2, 0.25) is 0 Å². The second kappa shape index (κ2) is 8.12. The van der Waals surface area contributed by atoms with Crippen molar-refractivity contribution in [2.75, 3.05) is 0 Å². The van der Waals surface area contributed by atoms with Crippen molar-refractivity contribution in [2.45, 2.75) is 26.7 Å². The van der Waals surface area contributed by atoms with Gasteiger partial charge in [-0.05, 0) is 53.9 Å². The molecular weight excluding hydrogens is 386 g/mol. The van der Waals surface area contributed by atoms with E-state index in [1.807, 2.05) is 60.7 Å². The zero-order valence-corrected chi connectivity index (χ0v) is 17.6. The largest absolute Gasteiger partial charge is 0.507 e. The summed E-state index contributed by atoms with van der Waals surface area (Å²) < 4.78 is 5.79. The van der Waals surface area contributed by atoms with E-state index in [2.05, 4.69) is 6.07 Å². The van der Waals surface area contributed by atoms with Crippen LogP contribution in [0.5, 0.6) is 11.5 Å². The van der Waals surface area contributed by atoms with E-state index < -0.39 is 11.4 Å². The Morgan fingerprint density at radius 2 is 1.48 bits per heavy atom. The second-order valence-electron chi connectivity index (χ2n) is 8.31. The maximum absolute atomic E-state index is 12.6. The summed E-state index contributed by atoms with van der Waals surface area (Å²) >= 11 is 0. The number of carbonyl (C=O) groups excluding carboxylic acids is 1. The standard InChI is InChI=1S/C27H23NO3/c1-27(2,17-28)16-15-24(30)31-23-14-12-19-8-4-6-10-21(19)26(23)25-20-9-5-3-7-18(20)11-13-22(25)29/h3-14,29H,15-16H2,1-2H3. The van der Waals surface area contributed by atoms with Gasteiger partial charge in [-0.2, -0.15) is 5.26 Å². The third-order valence-corrected chi connectivity index (χ3v) is 5.53. The van der Waals surface area contributed by atoms with Crippen LogP contribution >= 0.6 is 0 Å². The van der Waals surface area contributed by atoms with Crippen molar-refractivity contribution in [1.82, 2.24) is 0 Å².